The maximum absolute atomic E-state index is 14.0. The molecule has 1 rings (SSSR count). The summed E-state index contributed by atoms with van der Waals surface area (Å²) in [7, 11) is 3.28. The van der Waals surface area contributed by atoms with Gasteiger partial charge in [0.2, 0.25) is 0 Å². The lowest BCUT2D eigenvalue weighted by molar-refractivity contribution is 0.0694. The van der Waals surface area contributed by atoms with Crippen LogP contribution in [0.25, 0.3) is 0 Å². The van der Waals surface area contributed by atoms with E-state index in [9.17, 15) is 9.50 Å². The molecule has 5 heteroatoms. The average molecular weight is 270 g/mol. The second-order valence-corrected chi connectivity index (χ2v) is 4.56. The maximum Gasteiger partial charge on any atom is 0.146 e. The van der Waals surface area contributed by atoms with Crippen LogP contribution in [0.15, 0.2) is 18.2 Å². The molecule has 0 spiro atoms. The number of rotatable bonds is 8. The molecule has 0 heterocycles. The predicted octanol–water partition coefficient (Wildman–Crippen LogP) is 1.38. The molecule has 0 aliphatic carbocycles. The van der Waals surface area contributed by atoms with Crippen LogP contribution in [0.3, 0.4) is 0 Å². The van der Waals surface area contributed by atoms with Crippen molar-refractivity contribution in [3.63, 3.8) is 0 Å². The highest BCUT2D eigenvalue weighted by Crippen LogP contribution is 2.19. The summed E-state index contributed by atoms with van der Waals surface area (Å²) in [5.74, 6) is -0.275. The molecule has 0 amide bonds. The van der Waals surface area contributed by atoms with Gasteiger partial charge in [0.15, 0.2) is 0 Å². The zero-order chi connectivity index (χ0) is 14.3. The number of likely N-dealkylation sites (N-methyl/N-ethyl adjacent to an activating group) is 1. The van der Waals surface area contributed by atoms with Crippen LogP contribution in [0.2, 0.25) is 0 Å². The van der Waals surface area contributed by atoms with Crippen molar-refractivity contribution in [3.05, 3.63) is 29.6 Å². The quantitative estimate of drug-likeness (QED) is 0.749. The fourth-order valence-corrected chi connectivity index (χ4v) is 1.90. The maximum atomic E-state index is 14.0. The van der Waals surface area contributed by atoms with Gasteiger partial charge in [-0.15, -0.1) is 0 Å². The Labute approximate surface area is 114 Å². The highest BCUT2D eigenvalue weighted by molar-refractivity contribution is 5.48. The Morgan fingerprint density at radius 3 is 2.79 bits per heavy atom. The molecule has 1 unspecified atom stereocenters. The van der Waals surface area contributed by atoms with Crippen LogP contribution in [0, 0.1) is 5.82 Å². The average Bonchev–Trinajstić information content (AvgIpc) is 2.36. The molecule has 0 bridgehead atoms. The van der Waals surface area contributed by atoms with Gasteiger partial charge in [-0.2, -0.15) is 0 Å². The molecule has 2 N–H and O–H groups in total. The minimum atomic E-state index is -0.629. The Bertz CT molecular complexity index is 388. The third-order valence-electron chi connectivity index (χ3n) is 2.85. The van der Waals surface area contributed by atoms with E-state index in [1.807, 2.05) is 13.0 Å². The number of nitrogens with one attached hydrogen (secondary N) is 1. The summed E-state index contributed by atoms with van der Waals surface area (Å²) in [5, 5.41) is 12.8. The lowest BCUT2D eigenvalue weighted by Crippen LogP contribution is -2.32. The van der Waals surface area contributed by atoms with Crippen LogP contribution in [-0.2, 0) is 11.3 Å². The van der Waals surface area contributed by atoms with Gasteiger partial charge >= 0.3 is 0 Å². The van der Waals surface area contributed by atoms with Crippen LogP contribution < -0.4 is 10.2 Å². The molecule has 4 nitrogen and oxygen atoms in total. The summed E-state index contributed by atoms with van der Waals surface area (Å²) in [6.45, 7) is 4.09. The van der Waals surface area contributed by atoms with Gasteiger partial charge in [-0.1, -0.05) is 13.0 Å². The number of hydrogen-bond donors (Lipinski definition) is 2. The Morgan fingerprint density at radius 2 is 2.21 bits per heavy atom. The second-order valence-electron chi connectivity index (χ2n) is 4.56. The van der Waals surface area contributed by atoms with E-state index in [1.54, 1.807) is 18.0 Å². The summed E-state index contributed by atoms with van der Waals surface area (Å²) < 4.78 is 18.8. The summed E-state index contributed by atoms with van der Waals surface area (Å²) >= 11 is 0. The monoisotopic (exact) mass is 270 g/mol. The van der Waals surface area contributed by atoms with Crippen molar-refractivity contribution in [2.24, 2.45) is 0 Å². The van der Waals surface area contributed by atoms with Gasteiger partial charge < -0.3 is 20.1 Å². The molecule has 0 saturated carbocycles. The third kappa shape index (κ3) is 5.14. The fourth-order valence-electron chi connectivity index (χ4n) is 1.90. The molecular formula is C14H23FN2O2. The van der Waals surface area contributed by atoms with Crippen molar-refractivity contribution in [2.75, 3.05) is 38.8 Å². The van der Waals surface area contributed by atoms with Gasteiger partial charge in [0, 0.05) is 27.2 Å². The number of aliphatic hydroxyl groups is 1. The van der Waals surface area contributed by atoms with Gasteiger partial charge in [-0.3, -0.25) is 0 Å². The van der Waals surface area contributed by atoms with E-state index >= 15 is 0 Å². The molecule has 19 heavy (non-hydrogen) atoms. The van der Waals surface area contributed by atoms with Crippen LogP contribution in [0.5, 0.6) is 0 Å². The number of hydrogen-bond acceptors (Lipinski definition) is 4. The van der Waals surface area contributed by atoms with Crippen LogP contribution >= 0.6 is 0 Å². The topological polar surface area (TPSA) is 44.7 Å². The zero-order valence-corrected chi connectivity index (χ0v) is 11.8. The van der Waals surface area contributed by atoms with E-state index in [1.165, 1.54) is 13.2 Å². The lowest BCUT2D eigenvalue weighted by atomic mass is 10.1. The molecule has 1 aromatic carbocycles. The number of benzene rings is 1. The Hall–Kier alpha value is -1.17. The third-order valence-corrected chi connectivity index (χ3v) is 2.85. The van der Waals surface area contributed by atoms with Crippen LogP contribution in [0.4, 0.5) is 10.1 Å². The minimum absolute atomic E-state index is 0.241. The van der Waals surface area contributed by atoms with E-state index < -0.39 is 6.10 Å². The van der Waals surface area contributed by atoms with Crippen LogP contribution in [0.1, 0.15) is 12.5 Å². The molecule has 0 fully saturated rings. The first-order chi connectivity index (χ1) is 9.08. The number of anilines is 1. The van der Waals surface area contributed by atoms with E-state index in [4.69, 9.17) is 4.74 Å². The van der Waals surface area contributed by atoms with Gasteiger partial charge in [-0.25, -0.2) is 4.39 Å². The Morgan fingerprint density at radius 1 is 1.47 bits per heavy atom. The first kappa shape index (κ1) is 15.9. The van der Waals surface area contributed by atoms with Gasteiger partial charge in [0.05, 0.1) is 18.4 Å². The Balaban J connectivity index is 2.67. The van der Waals surface area contributed by atoms with Crippen LogP contribution in [-0.4, -0.2) is 45.1 Å². The predicted molar refractivity (Wildman–Crippen MR) is 74.9 cm³/mol. The number of nitrogens with zero attached hydrogens (tertiary/aromatic N) is 1. The van der Waals surface area contributed by atoms with E-state index in [0.29, 0.717) is 18.8 Å². The number of ether oxygens (including phenoxy) is 1. The summed E-state index contributed by atoms with van der Waals surface area (Å²) in [4.78, 5) is 1.69. The van der Waals surface area contributed by atoms with Crippen molar-refractivity contribution in [2.45, 2.75) is 19.6 Å². The van der Waals surface area contributed by atoms with Gasteiger partial charge in [0.1, 0.15) is 5.82 Å². The largest absolute Gasteiger partial charge is 0.389 e. The van der Waals surface area contributed by atoms with Crippen molar-refractivity contribution < 1.29 is 14.2 Å². The van der Waals surface area contributed by atoms with Crippen molar-refractivity contribution in [1.29, 1.82) is 0 Å². The first-order valence-corrected chi connectivity index (χ1v) is 6.45. The summed E-state index contributed by atoms with van der Waals surface area (Å²) in [5.41, 5.74) is 1.39. The number of halogens is 1. The fraction of sp³-hybridized carbons (Fsp3) is 0.571. The highest BCUT2D eigenvalue weighted by atomic mass is 19.1. The molecule has 108 valence electrons. The Kier molecular flexibility index (Phi) is 6.77. The zero-order valence-electron chi connectivity index (χ0n) is 11.8. The molecule has 0 aliphatic heterocycles. The highest BCUT2D eigenvalue weighted by Gasteiger charge is 2.12. The van der Waals surface area contributed by atoms with Gasteiger partial charge in [0.25, 0.3) is 0 Å². The van der Waals surface area contributed by atoms with Crippen molar-refractivity contribution in [1.82, 2.24) is 5.32 Å². The summed E-state index contributed by atoms with van der Waals surface area (Å²) in [6, 6.07) is 5.15. The minimum Gasteiger partial charge on any atom is -0.389 e. The molecule has 0 radical (unpaired) electrons. The SMILES string of the molecule is CCNCc1ccc(N(C)CC(O)COC)c(F)c1. The summed E-state index contributed by atoms with van der Waals surface area (Å²) in [6.07, 6.45) is -0.629. The molecule has 0 saturated heterocycles. The van der Waals surface area contributed by atoms with E-state index in [2.05, 4.69) is 5.32 Å². The van der Waals surface area contributed by atoms with Gasteiger partial charge in [-0.05, 0) is 24.2 Å². The van der Waals surface area contributed by atoms with E-state index in [-0.39, 0.29) is 12.4 Å². The second kappa shape index (κ2) is 8.09. The number of aliphatic hydroxyl groups excluding tert-OH is 1. The van der Waals surface area contributed by atoms with E-state index in [0.717, 1.165) is 12.1 Å². The standard InChI is InChI=1S/C14H23FN2O2/c1-4-16-8-11-5-6-14(13(15)7-11)17(2)9-12(18)10-19-3/h5-7,12,16,18H,4,8-10H2,1-3H3. The molecule has 0 aliphatic rings. The first-order valence-electron chi connectivity index (χ1n) is 6.45. The lowest BCUT2D eigenvalue weighted by Gasteiger charge is -2.23. The smallest absolute Gasteiger partial charge is 0.146 e. The molecule has 1 aromatic rings. The normalized spacial score (nSPS) is 12.5. The van der Waals surface area contributed by atoms with Crippen molar-refractivity contribution >= 4 is 5.69 Å². The van der Waals surface area contributed by atoms with Crippen molar-refractivity contribution in [3.8, 4) is 0 Å². The number of methoxy groups -OCH3 is 1. The molecular weight excluding hydrogens is 247 g/mol. The molecule has 0 aromatic heterocycles. The molecule has 1 atom stereocenters.